The third-order valence-corrected chi connectivity index (χ3v) is 6.44. The van der Waals surface area contributed by atoms with E-state index in [1.54, 1.807) is 0 Å². The van der Waals surface area contributed by atoms with Crippen molar-refractivity contribution in [1.82, 2.24) is 9.80 Å². The normalized spacial score (nSPS) is 19.9. The van der Waals surface area contributed by atoms with Gasteiger partial charge in [0.2, 0.25) is 5.91 Å². The van der Waals surface area contributed by atoms with Crippen LogP contribution in [0.25, 0.3) is 0 Å². The van der Waals surface area contributed by atoms with E-state index in [-0.39, 0.29) is 11.9 Å². The van der Waals surface area contributed by atoms with Crippen molar-refractivity contribution in [3.63, 3.8) is 0 Å². The summed E-state index contributed by atoms with van der Waals surface area (Å²) < 4.78 is 0. The predicted octanol–water partition coefficient (Wildman–Crippen LogP) is 4.00. The van der Waals surface area contributed by atoms with Gasteiger partial charge in [0.05, 0.1) is 23.3 Å². The number of aryl methyl sites for hydroxylation is 1. The van der Waals surface area contributed by atoms with Crippen LogP contribution in [0, 0.1) is 0 Å². The van der Waals surface area contributed by atoms with Crippen molar-refractivity contribution in [1.29, 1.82) is 0 Å². The zero-order chi connectivity index (χ0) is 19.5. The molecule has 2 aromatic rings. The molecule has 1 saturated heterocycles. The molecule has 1 aliphatic carbocycles. The quantitative estimate of drug-likeness (QED) is 0.780. The van der Waals surface area contributed by atoms with Gasteiger partial charge in [-0.05, 0) is 42.5 Å². The van der Waals surface area contributed by atoms with E-state index in [2.05, 4.69) is 40.1 Å². The minimum absolute atomic E-state index is 0.210. The molecule has 1 heterocycles. The van der Waals surface area contributed by atoms with Gasteiger partial charge in [-0.2, -0.15) is 0 Å². The number of likely N-dealkylation sites (N-methyl/N-ethyl adjacent to an activating group) is 1. The number of para-hydroxylation sites is 1. The van der Waals surface area contributed by atoms with E-state index in [1.165, 1.54) is 11.1 Å². The van der Waals surface area contributed by atoms with Crippen molar-refractivity contribution in [3.05, 3.63) is 64.7 Å². The molecule has 0 N–H and O–H groups in total. The van der Waals surface area contributed by atoms with Crippen molar-refractivity contribution in [2.24, 2.45) is 0 Å². The van der Waals surface area contributed by atoms with Crippen LogP contribution in [0.2, 0.25) is 5.02 Å². The van der Waals surface area contributed by atoms with Crippen LogP contribution in [0.3, 0.4) is 0 Å². The molecule has 1 amide bonds. The van der Waals surface area contributed by atoms with Crippen LogP contribution in [0.5, 0.6) is 0 Å². The Kier molecular flexibility index (Phi) is 5.88. The van der Waals surface area contributed by atoms with Gasteiger partial charge in [0.1, 0.15) is 0 Å². The molecule has 2 aliphatic rings. The minimum Gasteiger partial charge on any atom is -0.368 e. The summed E-state index contributed by atoms with van der Waals surface area (Å²) in [5, 5.41) is 0.794. The minimum atomic E-state index is 0.210. The monoisotopic (exact) mass is 397 g/mol. The Morgan fingerprint density at radius 1 is 1.07 bits per heavy atom. The summed E-state index contributed by atoms with van der Waals surface area (Å²) in [7, 11) is 1.97. The summed E-state index contributed by atoms with van der Waals surface area (Å²) in [5.41, 5.74) is 3.81. The Labute approximate surface area is 172 Å². The number of piperazine rings is 1. The summed E-state index contributed by atoms with van der Waals surface area (Å²) in [6.45, 7) is 4.05. The fourth-order valence-electron chi connectivity index (χ4n) is 4.46. The van der Waals surface area contributed by atoms with Crippen molar-refractivity contribution >= 4 is 23.2 Å². The molecule has 1 fully saturated rings. The molecule has 1 atom stereocenters. The first-order valence-electron chi connectivity index (χ1n) is 10.2. The third-order valence-electron chi connectivity index (χ3n) is 6.12. The lowest BCUT2D eigenvalue weighted by atomic mass is 9.87. The molecule has 5 heteroatoms. The lowest BCUT2D eigenvalue weighted by Crippen LogP contribution is -2.50. The Bertz CT molecular complexity index is 832. The van der Waals surface area contributed by atoms with E-state index in [0.717, 1.165) is 56.2 Å². The van der Waals surface area contributed by atoms with Crippen molar-refractivity contribution in [2.75, 3.05) is 44.7 Å². The summed E-state index contributed by atoms with van der Waals surface area (Å²) in [4.78, 5) is 19.5. The molecule has 148 valence electrons. The maximum absolute atomic E-state index is 13.0. The average molecular weight is 398 g/mol. The first-order chi connectivity index (χ1) is 13.6. The topological polar surface area (TPSA) is 26.8 Å². The number of rotatable bonds is 4. The van der Waals surface area contributed by atoms with Gasteiger partial charge in [0, 0.05) is 33.2 Å². The van der Waals surface area contributed by atoms with Gasteiger partial charge in [-0.3, -0.25) is 9.69 Å². The van der Waals surface area contributed by atoms with Crippen LogP contribution in [0.15, 0.2) is 48.5 Å². The molecule has 1 aliphatic heterocycles. The first-order valence-corrected chi connectivity index (χ1v) is 10.6. The van der Waals surface area contributed by atoms with Gasteiger partial charge < -0.3 is 9.80 Å². The Morgan fingerprint density at radius 3 is 2.57 bits per heavy atom. The maximum Gasteiger partial charge on any atom is 0.237 e. The molecule has 4 rings (SSSR count). The first kappa shape index (κ1) is 19.3. The summed E-state index contributed by atoms with van der Waals surface area (Å²) in [6, 6.07) is 16.8. The fraction of sp³-hybridized carbons (Fsp3) is 0.435. The zero-order valence-corrected chi connectivity index (χ0v) is 17.2. The predicted molar refractivity (Wildman–Crippen MR) is 115 cm³/mol. The summed E-state index contributed by atoms with van der Waals surface area (Å²) in [5.74, 6) is 0.216. The summed E-state index contributed by atoms with van der Waals surface area (Å²) >= 11 is 6.33. The average Bonchev–Trinajstić information content (AvgIpc) is 2.74. The lowest BCUT2D eigenvalue weighted by molar-refractivity contribution is -0.133. The number of carbonyl (C=O) groups excluding carboxylic acids is 1. The number of hydrogen-bond acceptors (Lipinski definition) is 3. The van der Waals surface area contributed by atoms with Gasteiger partial charge in [0.15, 0.2) is 0 Å². The van der Waals surface area contributed by atoms with E-state index in [1.807, 2.05) is 30.1 Å². The number of halogens is 1. The lowest BCUT2D eigenvalue weighted by Gasteiger charge is -2.38. The van der Waals surface area contributed by atoms with Crippen LogP contribution in [0.4, 0.5) is 5.69 Å². The van der Waals surface area contributed by atoms with Gasteiger partial charge in [-0.25, -0.2) is 0 Å². The Balaban J connectivity index is 1.34. The molecule has 0 bridgehead atoms. The number of fused-ring (bicyclic) bond motifs is 1. The molecule has 28 heavy (non-hydrogen) atoms. The SMILES string of the molecule is CN(C(=O)CN1CCN(c2ccccc2Cl)CC1)[C@@H]1CCCc2ccccc21. The number of anilines is 1. The molecule has 4 nitrogen and oxygen atoms in total. The van der Waals surface area contributed by atoms with Gasteiger partial charge in [0.25, 0.3) is 0 Å². The van der Waals surface area contributed by atoms with Crippen molar-refractivity contribution in [2.45, 2.75) is 25.3 Å². The van der Waals surface area contributed by atoms with E-state index >= 15 is 0 Å². The Hall–Kier alpha value is -2.04. The van der Waals surface area contributed by atoms with E-state index < -0.39 is 0 Å². The maximum atomic E-state index is 13.0. The molecular formula is C23H28ClN3O. The summed E-state index contributed by atoms with van der Waals surface area (Å²) in [6.07, 6.45) is 3.33. The van der Waals surface area contributed by atoms with Crippen LogP contribution in [-0.4, -0.2) is 55.5 Å². The number of nitrogens with zero attached hydrogens (tertiary/aromatic N) is 3. The molecule has 0 unspecified atom stereocenters. The standard InChI is InChI=1S/C23H28ClN3O/c1-25(21-12-6-8-18-7-2-3-9-19(18)21)23(28)17-26-13-15-27(16-14-26)22-11-5-4-10-20(22)24/h2-5,7,9-11,21H,6,8,12-17H2,1H3/t21-/m1/s1. The smallest absolute Gasteiger partial charge is 0.237 e. The highest BCUT2D eigenvalue weighted by Crippen LogP contribution is 2.33. The number of hydrogen-bond donors (Lipinski definition) is 0. The highest BCUT2D eigenvalue weighted by atomic mass is 35.5. The largest absolute Gasteiger partial charge is 0.368 e. The highest BCUT2D eigenvalue weighted by Gasteiger charge is 2.28. The van der Waals surface area contributed by atoms with Crippen LogP contribution >= 0.6 is 11.6 Å². The van der Waals surface area contributed by atoms with Crippen LogP contribution in [-0.2, 0) is 11.2 Å². The second-order valence-corrected chi connectivity index (χ2v) is 8.23. The van der Waals surface area contributed by atoms with E-state index in [0.29, 0.717) is 6.54 Å². The molecule has 0 saturated carbocycles. The van der Waals surface area contributed by atoms with Crippen LogP contribution < -0.4 is 4.90 Å². The van der Waals surface area contributed by atoms with E-state index in [4.69, 9.17) is 11.6 Å². The van der Waals surface area contributed by atoms with Gasteiger partial charge in [-0.1, -0.05) is 48.0 Å². The van der Waals surface area contributed by atoms with Gasteiger partial charge >= 0.3 is 0 Å². The Morgan fingerprint density at radius 2 is 1.79 bits per heavy atom. The molecular weight excluding hydrogens is 370 g/mol. The van der Waals surface area contributed by atoms with Crippen molar-refractivity contribution in [3.8, 4) is 0 Å². The number of amides is 1. The van der Waals surface area contributed by atoms with Crippen molar-refractivity contribution < 1.29 is 4.79 Å². The third kappa shape index (κ3) is 4.03. The van der Waals surface area contributed by atoms with Gasteiger partial charge in [-0.15, -0.1) is 0 Å². The fourth-order valence-corrected chi connectivity index (χ4v) is 4.72. The highest BCUT2D eigenvalue weighted by molar-refractivity contribution is 6.33. The second kappa shape index (κ2) is 8.54. The molecule has 0 radical (unpaired) electrons. The molecule has 2 aromatic carbocycles. The second-order valence-electron chi connectivity index (χ2n) is 7.83. The molecule has 0 aromatic heterocycles. The zero-order valence-electron chi connectivity index (χ0n) is 16.5. The number of benzene rings is 2. The number of carbonyl (C=O) groups is 1. The molecule has 0 spiro atoms. The van der Waals surface area contributed by atoms with E-state index in [9.17, 15) is 4.79 Å². The van der Waals surface area contributed by atoms with Crippen LogP contribution in [0.1, 0.15) is 30.0 Å².